The van der Waals surface area contributed by atoms with E-state index in [4.69, 9.17) is 16.5 Å². The Labute approximate surface area is 131 Å². The zero-order chi connectivity index (χ0) is 15.6. The van der Waals surface area contributed by atoms with E-state index in [9.17, 15) is 4.79 Å². The predicted molar refractivity (Wildman–Crippen MR) is 92.1 cm³/mol. The van der Waals surface area contributed by atoms with Gasteiger partial charge in [0.25, 0.3) is 0 Å². The molecule has 0 aromatic rings. The van der Waals surface area contributed by atoms with Gasteiger partial charge >= 0.3 is 0 Å². The van der Waals surface area contributed by atoms with E-state index in [0.717, 1.165) is 0 Å². The summed E-state index contributed by atoms with van der Waals surface area (Å²) in [5.41, 5.74) is 0. The highest BCUT2D eigenvalue weighted by atomic mass is 79.9. The molecule has 0 bridgehead atoms. The summed E-state index contributed by atoms with van der Waals surface area (Å²) in [7, 11) is 0. The van der Waals surface area contributed by atoms with Gasteiger partial charge < -0.3 is 4.74 Å². The lowest BCUT2D eigenvalue weighted by Crippen LogP contribution is -2.31. The van der Waals surface area contributed by atoms with Crippen molar-refractivity contribution in [3.05, 3.63) is 9.98 Å². The standard InChI is InChI=1S/C14H26BrO2PS/c1-9-17-12(15)11(10(2)16)18(19,13(3,4)5)14(6,7)8/h9H2,1-8H3/b12-11-. The van der Waals surface area contributed by atoms with E-state index in [1.807, 2.05) is 6.92 Å². The van der Waals surface area contributed by atoms with Crippen molar-refractivity contribution in [1.29, 1.82) is 0 Å². The van der Waals surface area contributed by atoms with Gasteiger partial charge in [-0.1, -0.05) is 53.3 Å². The van der Waals surface area contributed by atoms with Gasteiger partial charge in [-0.15, -0.1) is 0 Å². The first kappa shape index (κ1) is 19.3. The fraction of sp³-hybridized carbons (Fsp3) is 0.786. The molecule has 0 atom stereocenters. The van der Waals surface area contributed by atoms with E-state index in [1.54, 1.807) is 6.92 Å². The largest absolute Gasteiger partial charge is 0.486 e. The van der Waals surface area contributed by atoms with Crippen LogP contribution in [0.5, 0.6) is 0 Å². The summed E-state index contributed by atoms with van der Waals surface area (Å²) in [6.07, 6.45) is 0. The van der Waals surface area contributed by atoms with E-state index in [-0.39, 0.29) is 16.1 Å². The minimum atomic E-state index is -2.15. The Morgan fingerprint density at radius 2 is 1.53 bits per heavy atom. The third kappa shape index (κ3) is 3.92. The van der Waals surface area contributed by atoms with E-state index in [0.29, 0.717) is 16.6 Å². The molecule has 0 aliphatic heterocycles. The second-order valence-electron chi connectivity index (χ2n) is 6.56. The van der Waals surface area contributed by atoms with Gasteiger partial charge in [-0.3, -0.25) is 4.79 Å². The van der Waals surface area contributed by atoms with Crippen molar-refractivity contribution in [2.75, 3.05) is 6.61 Å². The number of hydrogen-bond acceptors (Lipinski definition) is 3. The third-order valence-corrected chi connectivity index (χ3v) is 12.7. The summed E-state index contributed by atoms with van der Waals surface area (Å²) in [5, 5.41) is 0.388. The molecule has 19 heavy (non-hydrogen) atoms. The highest BCUT2D eigenvalue weighted by Gasteiger charge is 2.47. The van der Waals surface area contributed by atoms with Gasteiger partial charge in [0.05, 0.1) is 11.9 Å². The summed E-state index contributed by atoms with van der Waals surface area (Å²) in [6, 6.07) is -2.15. The van der Waals surface area contributed by atoms with Gasteiger partial charge in [-0.05, 0) is 40.1 Å². The molecular formula is C14H26BrO2PS. The number of ether oxygens (including phenoxy) is 1. The summed E-state index contributed by atoms with van der Waals surface area (Å²) < 4.78 is 6.06. The molecule has 0 saturated heterocycles. The lowest BCUT2D eigenvalue weighted by molar-refractivity contribution is -0.113. The zero-order valence-electron chi connectivity index (χ0n) is 13.3. The van der Waals surface area contributed by atoms with Crippen LogP contribution in [0, 0.1) is 0 Å². The van der Waals surface area contributed by atoms with Gasteiger partial charge in [-0.2, -0.15) is 0 Å². The molecule has 5 heteroatoms. The van der Waals surface area contributed by atoms with Crippen LogP contribution in [0.3, 0.4) is 0 Å². The number of hydrogen-bond donors (Lipinski definition) is 0. The summed E-state index contributed by atoms with van der Waals surface area (Å²) in [6.45, 7) is 16.7. The molecule has 0 unspecified atom stereocenters. The fourth-order valence-electron chi connectivity index (χ4n) is 2.36. The molecule has 0 heterocycles. The van der Waals surface area contributed by atoms with Crippen LogP contribution in [0.1, 0.15) is 55.4 Å². The van der Waals surface area contributed by atoms with Crippen molar-refractivity contribution < 1.29 is 9.53 Å². The Kier molecular flexibility index (Phi) is 6.52. The number of Topliss-reactive ketones (excluding diaryl/α,β-unsaturated/α-hetero) is 1. The second-order valence-corrected chi connectivity index (χ2v) is 13.3. The molecule has 0 rings (SSSR count). The Morgan fingerprint density at radius 3 is 1.74 bits per heavy atom. The van der Waals surface area contributed by atoms with Crippen molar-refractivity contribution in [1.82, 2.24) is 0 Å². The summed E-state index contributed by atoms with van der Waals surface area (Å²) in [5.74, 6) is 0.00788. The molecule has 0 saturated carbocycles. The SMILES string of the molecule is CCO/C(Br)=C(/C(C)=O)P(=S)(C(C)(C)C)C(C)(C)C. The maximum absolute atomic E-state index is 12.2. The average Bonchev–Trinajstić information content (AvgIpc) is 2.13. The Hall–Kier alpha value is 0.340. The first-order chi connectivity index (χ1) is 8.30. The van der Waals surface area contributed by atoms with Gasteiger partial charge in [0.15, 0.2) is 10.5 Å². The van der Waals surface area contributed by atoms with Crippen LogP contribution in [-0.2, 0) is 21.3 Å². The van der Waals surface area contributed by atoms with E-state index < -0.39 is 6.04 Å². The van der Waals surface area contributed by atoms with Gasteiger partial charge in [-0.25, -0.2) is 0 Å². The quantitative estimate of drug-likeness (QED) is 0.385. The summed E-state index contributed by atoms with van der Waals surface area (Å²) in [4.78, 5) is 12.2. The highest BCUT2D eigenvalue weighted by molar-refractivity contribution is 9.11. The maximum Gasteiger partial charge on any atom is 0.174 e. The monoisotopic (exact) mass is 368 g/mol. The van der Waals surface area contributed by atoms with Crippen LogP contribution >= 0.6 is 22.0 Å². The minimum Gasteiger partial charge on any atom is -0.486 e. The lowest BCUT2D eigenvalue weighted by atomic mass is 10.2. The highest BCUT2D eigenvalue weighted by Crippen LogP contribution is 2.73. The molecule has 2 nitrogen and oxygen atoms in total. The second kappa shape index (κ2) is 6.41. The average molecular weight is 369 g/mol. The lowest BCUT2D eigenvalue weighted by Gasteiger charge is -2.46. The molecule has 112 valence electrons. The molecule has 0 radical (unpaired) electrons. The van der Waals surface area contributed by atoms with Crippen LogP contribution < -0.4 is 0 Å². The maximum atomic E-state index is 12.2. The molecule has 0 spiro atoms. The number of ketones is 1. The molecule has 0 amide bonds. The normalized spacial score (nSPS) is 15.0. The van der Waals surface area contributed by atoms with Crippen LogP contribution in [0.15, 0.2) is 9.98 Å². The zero-order valence-corrected chi connectivity index (χ0v) is 16.6. The number of allylic oxidation sites excluding steroid dienone is 1. The van der Waals surface area contributed by atoms with Gasteiger partial charge in [0.2, 0.25) is 0 Å². The third-order valence-electron chi connectivity index (χ3n) is 2.99. The molecular weight excluding hydrogens is 343 g/mol. The van der Waals surface area contributed by atoms with Crippen molar-refractivity contribution in [2.24, 2.45) is 0 Å². The first-order valence-electron chi connectivity index (χ1n) is 6.45. The number of carbonyl (C=O) groups excluding carboxylic acids is 1. The van der Waals surface area contributed by atoms with E-state index in [1.165, 1.54) is 0 Å². The molecule has 0 aliphatic rings. The molecule has 0 aromatic carbocycles. The molecule has 0 N–H and O–H groups in total. The predicted octanol–water partition coefficient (Wildman–Crippen LogP) is 5.25. The van der Waals surface area contributed by atoms with Crippen molar-refractivity contribution in [3.63, 3.8) is 0 Å². The Bertz CT molecular complexity index is 410. The van der Waals surface area contributed by atoms with E-state index >= 15 is 0 Å². The Morgan fingerprint density at radius 1 is 1.16 bits per heavy atom. The molecule has 0 fully saturated rings. The molecule has 0 aromatic heterocycles. The van der Waals surface area contributed by atoms with Gasteiger partial charge in [0.1, 0.15) is 0 Å². The first-order valence-corrected chi connectivity index (χ1v) is 10.0. The number of rotatable bonds is 4. The smallest absolute Gasteiger partial charge is 0.174 e. The topological polar surface area (TPSA) is 26.3 Å². The van der Waals surface area contributed by atoms with Crippen LogP contribution in [-0.4, -0.2) is 22.7 Å². The van der Waals surface area contributed by atoms with Crippen LogP contribution in [0.2, 0.25) is 0 Å². The minimum absolute atomic E-state index is 0.00788. The van der Waals surface area contributed by atoms with Crippen molar-refractivity contribution >= 4 is 39.6 Å². The summed E-state index contributed by atoms with van der Waals surface area (Å²) >= 11 is 9.51. The van der Waals surface area contributed by atoms with Gasteiger partial charge in [0, 0.05) is 6.04 Å². The van der Waals surface area contributed by atoms with Crippen LogP contribution in [0.4, 0.5) is 0 Å². The van der Waals surface area contributed by atoms with Crippen molar-refractivity contribution in [2.45, 2.75) is 65.7 Å². The Balaban J connectivity index is 6.38. The number of halogens is 1. The fourth-order valence-corrected chi connectivity index (χ4v) is 8.76. The number of carbonyl (C=O) groups is 1. The molecule has 0 aliphatic carbocycles. The van der Waals surface area contributed by atoms with Crippen molar-refractivity contribution in [3.8, 4) is 0 Å². The van der Waals surface area contributed by atoms with E-state index in [2.05, 4.69) is 57.5 Å². The van der Waals surface area contributed by atoms with Crippen LogP contribution in [0.25, 0.3) is 0 Å².